The summed E-state index contributed by atoms with van der Waals surface area (Å²) in [4.78, 5) is 26.0. The minimum atomic E-state index is -0.887. The number of aliphatic carboxylic acids is 1. The Balaban J connectivity index is 2.60. The largest absolute Gasteiger partial charge is 0.480 e. The van der Waals surface area contributed by atoms with Gasteiger partial charge in [0.1, 0.15) is 6.04 Å². The summed E-state index contributed by atoms with van der Waals surface area (Å²) in [7, 11) is 3.81. The van der Waals surface area contributed by atoms with E-state index < -0.39 is 12.0 Å². The number of amides is 1. The van der Waals surface area contributed by atoms with Gasteiger partial charge in [0.2, 0.25) is 5.91 Å². The Bertz CT molecular complexity index is 253. The fourth-order valence-electron chi connectivity index (χ4n) is 1.76. The zero-order chi connectivity index (χ0) is 11.4. The molecule has 1 heterocycles. The third kappa shape index (κ3) is 3.20. The molecule has 1 amide bonds. The highest BCUT2D eigenvalue weighted by Gasteiger charge is 2.32. The number of hydrogen-bond acceptors (Lipinski definition) is 3. The molecule has 5 heteroatoms. The van der Waals surface area contributed by atoms with Crippen molar-refractivity contribution in [2.45, 2.75) is 25.3 Å². The molecule has 1 fully saturated rings. The molecule has 1 saturated heterocycles. The van der Waals surface area contributed by atoms with Crippen molar-refractivity contribution >= 4 is 11.9 Å². The summed E-state index contributed by atoms with van der Waals surface area (Å²) in [5.41, 5.74) is 0. The monoisotopic (exact) mass is 214 g/mol. The van der Waals surface area contributed by atoms with E-state index >= 15 is 0 Å². The number of carboxylic acids is 1. The highest BCUT2D eigenvalue weighted by molar-refractivity contribution is 5.84. The predicted molar refractivity (Wildman–Crippen MR) is 55.5 cm³/mol. The van der Waals surface area contributed by atoms with Crippen molar-refractivity contribution in [1.82, 2.24) is 9.80 Å². The fraction of sp³-hybridized carbons (Fsp3) is 0.800. The number of carboxylic acid groups (broad SMARTS) is 1. The second-order valence-electron chi connectivity index (χ2n) is 4.14. The SMILES string of the molecule is CN(C)CCN1C(=O)CCCC1C(=O)O. The third-order valence-corrected chi connectivity index (χ3v) is 2.64. The average molecular weight is 214 g/mol. The molecule has 0 aromatic heterocycles. The summed E-state index contributed by atoms with van der Waals surface area (Å²) in [5, 5.41) is 8.98. The molecule has 0 spiro atoms. The van der Waals surface area contributed by atoms with E-state index in [2.05, 4.69) is 0 Å². The molecule has 1 rings (SSSR count). The van der Waals surface area contributed by atoms with E-state index in [1.165, 1.54) is 4.90 Å². The molecule has 1 aliphatic rings. The van der Waals surface area contributed by atoms with Gasteiger partial charge in [0.05, 0.1) is 0 Å². The molecule has 1 aliphatic heterocycles. The Morgan fingerprint density at radius 2 is 2.27 bits per heavy atom. The van der Waals surface area contributed by atoms with Crippen LogP contribution in [0.2, 0.25) is 0 Å². The van der Waals surface area contributed by atoms with Gasteiger partial charge in [0.15, 0.2) is 0 Å². The van der Waals surface area contributed by atoms with Gasteiger partial charge in [-0.3, -0.25) is 4.79 Å². The molecule has 1 unspecified atom stereocenters. The zero-order valence-electron chi connectivity index (χ0n) is 9.27. The highest BCUT2D eigenvalue weighted by atomic mass is 16.4. The molecule has 1 atom stereocenters. The van der Waals surface area contributed by atoms with Gasteiger partial charge in [-0.05, 0) is 26.9 Å². The molecule has 15 heavy (non-hydrogen) atoms. The summed E-state index contributed by atoms with van der Waals surface area (Å²) in [5.74, 6) is -0.919. The Morgan fingerprint density at radius 3 is 2.80 bits per heavy atom. The highest BCUT2D eigenvalue weighted by Crippen LogP contribution is 2.18. The summed E-state index contributed by atoms with van der Waals surface area (Å²) >= 11 is 0. The average Bonchev–Trinajstić information content (AvgIpc) is 2.15. The van der Waals surface area contributed by atoms with Crippen LogP contribution in [0.4, 0.5) is 0 Å². The zero-order valence-corrected chi connectivity index (χ0v) is 9.27. The summed E-state index contributed by atoms with van der Waals surface area (Å²) in [6.45, 7) is 1.21. The van der Waals surface area contributed by atoms with Crippen LogP contribution in [0.25, 0.3) is 0 Å². The van der Waals surface area contributed by atoms with Crippen LogP contribution in [0, 0.1) is 0 Å². The number of nitrogens with zero attached hydrogens (tertiary/aromatic N) is 2. The maximum atomic E-state index is 11.6. The Hall–Kier alpha value is -1.10. The summed E-state index contributed by atoms with van der Waals surface area (Å²) in [6.07, 6.45) is 1.75. The number of likely N-dealkylation sites (tertiary alicyclic amines) is 1. The van der Waals surface area contributed by atoms with Crippen molar-refractivity contribution in [2.24, 2.45) is 0 Å². The Labute approximate surface area is 89.7 Å². The summed E-state index contributed by atoms with van der Waals surface area (Å²) in [6, 6.07) is -0.619. The molecule has 1 N–H and O–H groups in total. The molecular formula is C10H18N2O3. The normalized spacial score (nSPS) is 22.2. The van der Waals surface area contributed by atoms with Crippen molar-refractivity contribution < 1.29 is 14.7 Å². The van der Waals surface area contributed by atoms with Crippen molar-refractivity contribution in [3.8, 4) is 0 Å². The Kier molecular flexibility index (Phi) is 4.08. The van der Waals surface area contributed by atoms with E-state index in [4.69, 9.17) is 5.11 Å². The van der Waals surface area contributed by atoms with Crippen LogP contribution in [0.5, 0.6) is 0 Å². The molecule has 0 aliphatic carbocycles. The van der Waals surface area contributed by atoms with Crippen LogP contribution in [0.3, 0.4) is 0 Å². The smallest absolute Gasteiger partial charge is 0.326 e. The van der Waals surface area contributed by atoms with E-state index in [1.54, 1.807) is 0 Å². The van der Waals surface area contributed by atoms with Crippen molar-refractivity contribution in [2.75, 3.05) is 27.2 Å². The van der Waals surface area contributed by atoms with E-state index in [9.17, 15) is 9.59 Å². The first kappa shape index (κ1) is 12.0. The van der Waals surface area contributed by atoms with E-state index in [0.717, 1.165) is 0 Å². The lowest BCUT2D eigenvalue weighted by molar-refractivity contribution is -0.153. The van der Waals surface area contributed by atoms with Crippen molar-refractivity contribution in [3.63, 3.8) is 0 Å². The van der Waals surface area contributed by atoms with Crippen LogP contribution >= 0.6 is 0 Å². The first-order valence-corrected chi connectivity index (χ1v) is 5.19. The maximum absolute atomic E-state index is 11.6. The third-order valence-electron chi connectivity index (χ3n) is 2.64. The van der Waals surface area contributed by atoms with Gasteiger partial charge < -0.3 is 14.9 Å². The van der Waals surface area contributed by atoms with Gasteiger partial charge in [-0.25, -0.2) is 4.79 Å². The van der Waals surface area contributed by atoms with Gasteiger partial charge in [0.25, 0.3) is 0 Å². The summed E-state index contributed by atoms with van der Waals surface area (Å²) < 4.78 is 0. The molecular weight excluding hydrogens is 196 g/mol. The van der Waals surface area contributed by atoms with Crippen LogP contribution in [-0.4, -0.2) is 60.0 Å². The number of carbonyl (C=O) groups is 2. The van der Waals surface area contributed by atoms with E-state index in [0.29, 0.717) is 32.4 Å². The van der Waals surface area contributed by atoms with Crippen molar-refractivity contribution in [1.29, 1.82) is 0 Å². The standard InChI is InChI=1S/C10H18N2O3/c1-11(2)6-7-12-8(10(14)15)4-3-5-9(12)13/h8H,3-7H2,1-2H3,(H,14,15). The molecule has 5 nitrogen and oxygen atoms in total. The van der Waals surface area contributed by atoms with Gasteiger partial charge in [-0.2, -0.15) is 0 Å². The number of piperidine rings is 1. The van der Waals surface area contributed by atoms with Gasteiger partial charge in [-0.15, -0.1) is 0 Å². The quantitative estimate of drug-likeness (QED) is 0.716. The molecule has 0 aromatic rings. The Morgan fingerprint density at radius 1 is 1.60 bits per heavy atom. The lowest BCUT2D eigenvalue weighted by Crippen LogP contribution is -2.50. The van der Waals surface area contributed by atoms with Crippen LogP contribution in [-0.2, 0) is 9.59 Å². The molecule has 86 valence electrons. The molecule has 0 aromatic carbocycles. The first-order chi connectivity index (χ1) is 7.02. The molecule has 0 radical (unpaired) electrons. The number of carbonyl (C=O) groups excluding carboxylic acids is 1. The van der Waals surface area contributed by atoms with Gasteiger partial charge in [0, 0.05) is 19.5 Å². The fourth-order valence-corrected chi connectivity index (χ4v) is 1.76. The second-order valence-corrected chi connectivity index (χ2v) is 4.14. The van der Waals surface area contributed by atoms with Crippen LogP contribution < -0.4 is 0 Å². The topological polar surface area (TPSA) is 60.9 Å². The predicted octanol–water partition coefficient (Wildman–Crippen LogP) is 0.0137. The number of likely N-dealkylation sites (N-methyl/N-ethyl adjacent to an activating group) is 1. The lowest BCUT2D eigenvalue weighted by atomic mass is 10.0. The van der Waals surface area contributed by atoms with Gasteiger partial charge in [-0.1, -0.05) is 0 Å². The van der Waals surface area contributed by atoms with E-state index in [-0.39, 0.29) is 5.91 Å². The number of rotatable bonds is 4. The maximum Gasteiger partial charge on any atom is 0.326 e. The minimum Gasteiger partial charge on any atom is -0.480 e. The lowest BCUT2D eigenvalue weighted by Gasteiger charge is -2.33. The van der Waals surface area contributed by atoms with Gasteiger partial charge >= 0.3 is 5.97 Å². The molecule has 0 saturated carbocycles. The second kappa shape index (κ2) is 5.11. The first-order valence-electron chi connectivity index (χ1n) is 5.19. The minimum absolute atomic E-state index is 0.0319. The van der Waals surface area contributed by atoms with Crippen LogP contribution in [0.1, 0.15) is 19.3 Å². The van der Waals surface area contributed by atoms with Crippen LogP contribution in [0.15, 0.2) is 0 Å². The number of hydrogen-bond donors (Lipinski definition) is 1. The molecule has 0 bridgehead atoms. The van der Waals surface area contributed by atoms with E-state index in [1.807, 2.05) is 19.0 Å². The van der Waals surface area contributed by atoms with Crippen molar-refractivity contribution in [3.05, 3.63) is 0 Å².